The number of fused-ring (bicyclic) bond motifs is 1. The molecule has 37 heavy (non-hydrogen) atoms. The lowest BCUT2D eigenvalue weighted by molar-refractivity contribution is -0.154. The van der Waals surface area contributed by atoms with Gasteiger partial charge in [-0.25, -0.2) is 0 Å². The van der Waals surface area contributed by atoms with Crippen molar-refractivity contribution >= 4 is 11.0 Å². The molecule has 0 bridgehead atoms. The normalized spacial score (nSPS) is 11.5. The maximum atomic E-state index is 13.9. The van der Waals surface area contributed by atoms with Gasteiger partial charge in [-0.1, -0.05) is 72.3 Å². The zero-order valence-corrected chi connectivity index (χ0v) is 19.7. The molecule has 186 valence electrons. The van der Waals surface area contributed by atoms with Crippen molar-refractivity contribution in [2.24, 2.45) is 0 Å². The molecule has 0 aliphatic carbocycles. The van der Waals surface area contributed by atoms with Crippen LogP contribution in [-0.4, -0.2) is 0 Å². The molecule has 0 radical (unpaired) electrons. The highest BCUT2D eigenvalue weighted by atomic mass is 19.4. The number of halogens is 3. The summed E-state index contributed by atoms with van der Waals surface area (Å²) in [5.41, 5.74) is 2.59. The number of hydrogen-bond acceptors (Lipinski definition) is 4. The van der Waals surface area contributed by atoms with E-state index in [4.69, 9.17) is 13.9 Å². The highest BCUT2D eigenvalue weighted by Gasteiger charge is 2.40. The van der Waals surface area contributed by atoms with E-state index in [0.29, 0.717) is 0 Å². The molecule has 5 rings (SSSR count). The van der Waals surface area contributed by atoms with Gasteiger partial charge in [0.05, 0.1) is 5.39 Å². The van der Waals surface area contributed by atoms with Crippen LogP contribution in [0.3, 0.4) is 0 Å². The summed E-state index contributed by atoms with van der Waals surface area (Å²) in [4.78, 5) is 13.1. The van der Waals surface area contributed by atoms with Crippen molar-refractivity contribution in [3.63, 3.8) is 0 Å². The van der Waals surface area contributed by atoms with Crippen LogP contribution in [0.1, 0.15) is 16.9 Å². The van der Waals surface area contributed by atoms with Gasteiger partial charge in [-0.3, -0.25) is 4.79 Å². The Kier molecular flexibility index (Phi) is 6.44. The molecular weight excluding hydrogens is 481 g/mol. The fraction of sp³-hybridized carbons (Fsp3) is 0.100. The van der Waals surface area contributed by atoms with Gasteiger partial charge in [-0.15, -0.1) is 0 Å². The second kappa shape index (κ2) is 9.85. The zero-order chi connectivity index (χ0) is 26.0. The molecule has 1 aromatic heterocycles. The highest BCUT2D eigenvalue weighted by molar-refractivity contribution is 5.80. The first-order valence-electron chi connectivity index (χ1n) is 11.5. The minimum absolute atomic E-state index is 0.0492. The average molecular weight is 502 g/mol. The standard InChI is InChI=1S/C30H21F3O4/c1-19-6-5-7-20(16-19)18-35-24-14-15-25-26(17-24)37-29(30(31,32)33)28(27(25)34)36-23-12-10-22(11-13-23)21-8-3-2-4-9-21/h2-17H,18H2,1H3. The second-order valence-electron chi connectivity index (χ2n) is 8.52. The van der Waals surface area contributed by atoms with E-state index in [1.165, 1.54) is 30.3 Å². The van der Waals surface area contributed by atoms with Crippen LogP contribution >= 0.6 is 0 Å². The van der Waals surface area contributed by atoms with Crippen molar-refractivity contribution in [3.8, 4) is 28.4 Å². The molecule has 0 atom stereocenters. The minimum Gasteiger partial charge on any atom is -0.489 e. The van der Waals surface area contributed by atoms with Crippen LogP contribution < -0.4 is 14.9 Å². The monoisotopic (exact) mass is 502 g/mol. The van der Waals surface area contributed by atoms with Gasteiger partial charge in [0, 0.05) is 6.07 Å². The fourth-order valence-corrected chi connectivity index (χ4v) is 3.96. The topological polar surface area (TPSA) is 48.7 Å². The van der Waals surface area contributed by atoms with Crippen LogP contribution in [0, 0.1) is 6.92 Å². The predicted molar refractivity (Wildman–Crippen MR) is 135 cm³/mol. The number of benzene rings is 4. The molecule has 0 saturated carbocycles. The van der Waals surface area contributed by atoms with Crippen molar-refractivity contribution in [3.05, 3.63) is 124 Å². The Morgan fingerprint density at radius 3 is 2.19 bits per heavy atom. The third-order valence-corrected chi connectivity index (χ3v) is 5.75. The van der Waals surface area contributed by atoms with E-state index in [9.17, 15) is 18.0 Å². The molecule has 0 aliphatic rings. The molecule has 0 spiro atoms. The van der Waals surface area contributed by atoms with Crippen LogP contribution in [-0.2, 0) is 12.8 Å². The molecule has 4 aromatic carbocycles. The lowest BCUT2D eigenvalue weighted by Crippen LogP contribution is -2.15. The summed E-state index contributed by atoms with van der Waals surface area (Å²) in [6.07, 6.45) is -4.95. The second-order valence-corrected chi connectivity index (χ2v) is 8.52. The number of aryl methyl sites for hydroxylation is 1. The number of rotatable bonds is 6. The first-order chi connectivity index (χ1) is 17.8. The van der Waals surface area contributed by atoms with Crippen LogP contribution in [0.2, 0.25) is 0 Å². The minimum atomic E-state index is -4.95. The van der Waals surface area contributed by atoms with Gasteiger partial charge in [0.15, 0.2) is 0 Å². The van der Waals surface area contributed by atoms with E-state index >= 15 is 0 Å². The van der Waals surface area contributed by atoms with Crippen molar-refractivity contribution < 1.29 is 27.1 Å². The smallest absolute Gasteiger partial charge is 0.453 e. The highest BCUT2D eigenvalue weighted by Crippen LogP contribution is 2.39. The Morgan fingerprint density at radius 2 is 1.49 bits per heavy atom. The number of alkyl halides is 3. The molecule has 5 aromatic rings. The van der Waals surface area contributed by atoms with E-state index in [1.54, 1.807) is 12.1 Å². The van der Waals surface area contributed by atoms with Crippen LogP contribution in [0.4, 0.5) is 13.2 Å². The maximum absolute atomic E-state index is 13.9. The lowest BCUT2D eigenvalue weighted by Gasteiger charge is -2.14. The van der Waals surface area contributed by atoms with Crippen molar-refractivity contribution in [2.45, 2.75) is 19.7 Å². The largest absolute Gasteiger partial charge is 0.489 e. The molecule has 0 saturated heterocycles. The fourth-order valence-electron chi connectivity index (χ4n) is 3.96. The molecule has 0 aliphatic heterocycles. The van der Waals surface area contributed by atoms with Gasteiger partial charge in [0.25, 0.3) is 5.76 Å². The molecule has 0 fully saturated rings. The Balaban J connectivity index is 1.46. The van der Waals surface area contributed by atoms with Crippen molar-refractivity contribution in [2.75, 3.05) is 0 Å². The molecule has 0 unspecified atom stereocenters. The van der Waals surface area contributed by atoms with E-state index in [1.807, 2.05) is 61.5 Å². The summed E-state index contributed by atoms with van der Waals surface area (Å²) in [6, 6.07) is 27.7. The van der Waals surface area contributed by atoms with Gasteiger partial charge in [0.1, 0.15) is 23.7 Å². The molecular formula is C30H21F3O4. The van der Waals surface area contributed by atoms with E-state index < -0.39 is 23.1 Å². The summed E-state index contributed by atoms with van der Waals surface area (Å²) in [5, 5.41) is -0.0492. The Labute approximate surface area is 210 Å². The van der Waals surface area contributed by atoms with Crippen LogP contribution in [0.5, 0.6) is 17.2 Å². The van der Waals surface area contributed by atoms with Crippen LogP contribution in [0.15, 0.2) is 106 Å². The first kappa shape index (κ1) is 24.2. The van der Waals surface area contributed by atoms with E-state index in [2.05, 4.69) is 0 Å². The van der Waals surface area contributed by atoms with Crippen LogP contribution in [0.25, 0.3) is 22.1 Å². The molecule has 4 nitrogen and oxygen atoms in total. The van der Waals surface area contributed by atoms with Gasteiger partial charge < -0.3 is 13.9 Å². The number of ether oxygens (including phenoxy) is 2. The summed E-state index contributed by atoms with van der Waals surface area (Å²) >= 11 is 0. The third kappa shape index (κ3) is 5.35. The SMILES string of the molecule is Cc1cccc(COc2ccc3c(=O)c(Oc4ccc(-c5ccccc5)cc4)c(C(F)(F)F)oc3c2)c1. The van der Waals surface area contributed by atoms with E-state index in [0.717, 1.165) is 22.3 Å². The predicted octanol–water partition coefficient (Wildman–Crippen LogP) is 8.16. The van der Waals surface area contributed by atoms with Crippen molar-refractivity contribution in [1.29, 1.82) is 0 Å². The molecule has 1 heterocycles. The van der Waals surface area contributed by atoms with Crippen molar-refractivity contribution in [1.82, 2.24) is 0 Å². The quantitative estimate of drug-likeness (QED) is 0.235. The molecule has 0 N–H and O–H groups in total. The Morgan fingerprint density at radius 1 is 0.784 bits per heavy atom. The summed E-state index contributed by atoms with van der Waals surface area (Å²) in [5.74, 6) is -2.07. The molecule has 0 amide bonds. The van der Waals surface area contributed by atoms with Gasteiger partial charge in [-0.2, -0.15) is 13.2 Å². The lowest BCUT2D eigenvalue weighted by atomic mass is 10.1. The maximum Gasteiger partial charge on any atom is 0.453 e. The van der Waals surface area contributed by atoms with Gasteiger partial charge in [0.2, 0.25) is 11.2 Å². The van der Waals surface area contributed by atoms with Gasteiger partial charge in [-0.05, 0) is 47.9 Å². The zero-order valence-electron chi connectivity index (χ0n) is 19.7. The number of hydrogen-bond donors (Lipinski definition) is 0. The molecule has 7 heteroatoms. The van der Waals surface area contributed by atoms with E-state index in [-0.39, 0.29) is 29.1 Å². The Hall–Kier alpha value is -4.52. The third-order valence-electron chi connectivity index (χ3n) is 5.75. The van der Waals surface area contributed by atoms with Gasteiger partial charge >= 0.3 is 6.18 Å². The summed E-state index contributed by atoms with van der Waals surface area (Å²) in [7, 11) is 0. The summed E-state index contributed by atoms with van der Waals surface area (Å²) in [6.45, 7) is 2.16. The average Bonchev–Trinajstić information content (AvgIpc) is 2.89. The summed E-state index contributed by atoms with van der Waals surface area (Å²) < 4.78 is 58.1. The Bertz CT molecular complexity index is 1610. The first-order valence-corrected chi connectivity index (χ1v) is 11.5.